The summed E-state index contributed by atoms with van der Waals surface area (Å²) in [4.78, 5) is 19.5. The lowest BCUT2D eigenvalue weighted by atomic mass is 9.96. The van der Waals surface area contributed by atoms with Crippen LogP contribution in [0, 0.1) is 5.92 Å². The van der Waals surface area contributed by atoms with E-state index in [1.165, 1.54) is 10.6 Å². The maximum atomic E-state index is 13.1. The van der Waals surface area contributed by atoms with Gasteiger partial charge in [-0.1, -0.05) is 6.07 Å². The predicted octanol–water partition coefficient (Wildman–Crippen LogP) is 1.50. The van der Waals surface area contributed by atoms with Crippen LogP contribution in [0.1, 0.15) is 31.4 Å². The molecule has 1 aliphatic carbocycles. The van der Waals surface area contributed by atoms with Crippen molar-refractivity contribution in [3.63, 3.8) is 0 Å². The number of hydrogen-bond acceptors (Lipinski definition) is 4. The molecule has 7 nitrogen and oxygen atoms in total. The van der Waals surface area contributed by atoms with E-state index in [0.717, 1.165) is 24.2 Å². The highest BCUT2D eigenvalue weighted by atomic mass is 32.2. The van der Waals surface area contributed by atoms with Crippen molar-refractivity contribution in [3.05, 3.63) is 36.3 Å². The van der Waals surface area contributed by atoms with E-state index in [1.807, 2.05) is 39.9 Å². The van der Waals surface area contributed by atoms with E-state index >= 15 is 0 Å². The van der Waals surface area contributed by atoms with Gasteiger partial charge < -0.3 is 9.30 Å². The quantitative estimate of drug-likeness (QED) is 0.792. The van der Waals surface area contributed by atoms with Gasteiger partial charge in [0, 0.05) is 31.2 Å². The zero-order valence-electron chi connectivity index (χ0n) is 14.9. The number of fused-ring (bicyclic) bond motifs is 1. The van der Waals surface area contributed by atoms with E-state index in [9.17, 15) is 13.2 Å². The van der Waals surface area contributed by atoms with Gasteiger partial charge in [-0.25, -0.2) is 17.7 Å². The molecule has 0 radical (unpaired) electrons. The van der Waals surface area contributed by atoms with E-state index in [0.29, 0.717) is 38.5 Å². The number of hydrogen-bond donors (Lipinski definition) is 0. The van der Waals surface area contributed by atoms with Gasteiger partial charge in [0.25, 0.3) is 0 Å². The summed E-state index contributed by atoms with van der Waals surface area (Å²) in [5.74, 6) is 0.0688. The number of aromatic nitrogens is 2. The Labute approximate surface area is 153 Å². The first-order valence-corrected chi connectivity index (χ1v) is 10.9. The monoisotopic (exact) mass is 376 g/mol. The molecule has 0 atom stereocenters. The van der Waals surface area contributed by atoms with Crippen LogP contribution in [-0.4, -0.2) is 58.3 Å². The molecule has 1 saturated carbocycles. The van der Waals surface area contributed by atoms with E-state index < -0.39 is 10.0 Å². The molecular formula is C18H24N4O3S. The molecular weight excluding hydrogens is 352 g/mol. The van der Waals surface area contributed by atoms with Gasteiger partial charge >= 0.3 is 0 Å². The van der Waals surface area contributed by atoms with Crippen LogP contribution in [0.5, 0.6) is 0 Å². The van der Waals surface area contributed by atoms with Crippen LogP contribution < -0.4 is 0 Å². The molecule has 0 N–H and O–H groups in total. The summed E-state index contributed by atoms with van der Waals surface area (Å²) < 4.78 is 26.8. The van der Waals surface area contributed by atoms with Gasteiger partial charge in [0.05, 0.1) is 24.7 Å². The normalized spacial score (nSPS) is 19.7. The van der Waals surface area contributed by atoms with E-state index in [-0.39, 0.29) is 11.8 Å². The van der Waals surface area contributed by atoms with E-state index in [1.54, 1.807) is 0 Å². The Morgan fingerprint density at radius 3 is 2.62 bits per heavy atom. The Balaban J connectivity index is 1.48. The molecule has 0 spiro atoms. The second-order valence-corrected chi connectivity index (χ2v) is 9.29. The predicted molar refractivity (Wildman–Crippen MR) is 97.9 cm³/mol. The third-order valence-electron chi connectivity index (χ3n) is 5.37. The van der Waals surface area contributed by atoms with Gasteiger partial charge in [-0.05, 0) is 37.8 Å². The van der Waals surface area contributed by atoms with Crippen LogP contribution in [0.3, 0.4) is 0 Å². The van der Waals surface area contributed by atoms with Crippen LogP contribution in [0.2, 0.25) is 0 Å². The van der Waals surface area contributed by atoms with Gasteiger partial charge in [-0.3, -0.25) is 4.79 Å². The average Bonchev–Trinajstić information content (AvgIpc) is 3.39. The van der Waals surface area contributed by atoms with Crippen molar-refractivity contribution in [2.24, 2.45) is 5.92 Å². The standard InChI is InChI=1S/C18H24N4O3S/c1-26(24,25)20-10-7-14(8-11-20)18(23)22(15-5-6-15)13-16-12-19-17-4-2-3-9-21(16)17/h2-4,9,12,14-15H,5-8,10-11,13H2,1H3. The first-order chi connectivity index (χ1) is 12.4. The molecule has 2 fully saturated rings. The Morgan fingerprint density at radius 1 is 1.23 bits per heavy atom. The lowest BCUT2D eigenvalue weighted by Crippen LogP contribution is -2.44. The summed E-state index contributed by atoms with van der Waals surface area (Å²) in [5.41, 5.74) is 1.89. The fourth-order valence-electron chi connectivity index (χ4n) is 3.72. The first kappa shape index (κ1) is 17.5. The van der Waals surface area contributed by atoms with Crippen molar-refractivity contribution < 1.29 is 13.2 Å². The first-order valence-electron chi connectivity index (χ1n) is 9.10. The fraction of sp³-hybridized carbons (Fsp3) is 0.556. The molecule has 2 aromatic rings. The van der Waals surface area contributed by atoms with Crippen LogP contribution in [-0.2, 0) is 21.4 Å². The summed E-state index contributed by atoms with van der Waals surface area (Å²) in [7, 11) is -3.17. The molecule has 2 aliphatic rings. The summed E-state index contributed by atoms with van der Waals surface area (Å²) in [5, 5.41) is 0. The molecule has 2 aromatic heterocycles. The Morgan fingerprint density at radius 2 is 1.96 bits per heavy atom. The molecule has 0 unspecified atom stereocenters. The molecule has 0 bridgehead atoms. The molecule has 3 heterocycles. The molecule has 0 aromatic carbocycles. The van der Waals surface area contributed by atoms with Crippen molar-refractivity contribution in [1.29, 1.82) is 0 Å². The molecule has 1 amide bonds. The maximum Gasteiger partial charge on any atom is 0.226 e. The maximum absolute atomic E-state index is 13.1. The number of amides is 1. The van der Waals surface area contributed by atoms with Gasteiger partial charge in [0.2, 0.25) is 15.9 Å². The van der Waals surface area contributed by atoms with E-state index in [2.05, 4.69) is 4.98 Å². The van der Waals surface area contributed by atoms with Crippen LogP contribution in [0.25, 0.3) is 5.65 Å². The van der Waals surface area contributed by atoms with Crippen molar-refractivity contribution in [3.8, 4) is 0 Å². The lowest BCUT2D eigenvalue weighted by molar-refractivity contribution is -0.138. The van der Waals surface area contributed by atoms with E-state index in [4.69, 9.17) is 0 Å². The Kier molecular flexibility index (Phi) is 4.48. The second-order valence-electron chi connectivity index (χ2n) is 7.31. The fourth-order valence-corrected chi connectivity index (χ4v) is 4.59. The minimum atomic E-state index is -3.17. The summed E-state index contributed by atoms with van der Waals surface area (Å²) >= 11 is 0. The van der Waals surface area contributed by atoms with Crippen molar-refractivity contribution >= 4 is 21.6 Å². The zero-order chi connectivity index (χ0) is 18.3. The van der Waals surface area contributed by atoms with Gasteiger partial charge in [-0.2, -0.15) is 0 Å². The number of piperidine rings is 1. The molecule has 1 saturated heterocycles. The number of rotatable bonds is 5. The number of carbonyl (C=O) groups excluding carboxylic acids is 1. The van der Waals surface area contributed by atoms with Crippen LogP contribution in [0.15, 0.2) is 30.6 Å². The molecule has 1 aliphatic heterocycles. The SMILES string of the molecule is CS(=O)(=O)N1CCC(C(=O)N(Cc2cnc3ccccn23)C2CC2)CC1. The Hall–Kier alpha value is -1.93. The van der Waals surface area contributed by atoms with Crippen molar-refractivity contribution in [2.75, 3.05) is 19.3 Å². The second kappa shape index (κ2) is 6.66. The largest absolute Gasteiger partial charge is 0.334 e. The van der Waals surface area contributed by atoms with Crippen molar-refractivity contribution in [1.82, 2.24) is 18.6 Å². The van der Waals surface area contributed by atoms with Crippen LogP contribution in [0.4, 0.5) is 0 Å². The molecule has 8 heteroatoms. The molecule has 140 valence electrons. The zero-order valence-corrected chi connectivity index (χ0v) is 15.7. The molecule has 26 heavy (non-hydrogen) atoms. The lowest BCUT2D eigenvalue weighted by Gasteiger charge is -2.33. The summed E-state index contributed by atoms with van der Waals surface area (Å²) in [6.07, 6.45) is 8.33. The smallest absolute Gasteiger partial charge is 0.226 e. The summed E-state index contributed by atoms with van der Waals surface area (Å²) in [6, 6.07) is 6.17. The third-order valence-corrected chi connectivity index (χ3v) is 6.67. The van der Waals surface area contributed by atoms with Crippen LogP contribution >= 0.6 is 0 Å². The Bertz CT molecular complexity index is 911. The molecule has 4 rings (SSSR count). The number of carbonyl (C=O) groups is 1. The third kappa shape index (κ3) is 3.48. The number of pyridine rings is 1. The average molecular weight is 376 g/mol. The number of nitrogens with zero attached hydrogens (tertiary/aromatic N) is 4. The highest BCUT2D eigenvalue weighted by Crippen LogP contribution is 2.32. The number of sulfonamides is 1. The summed E-state index contributed by atoms with van der Waals surface area (Å²) in [6.45, 7) is 1.42. The van der Waals surface area contributed by atoms with Gasteiger partial charge in [-0.15, -0.1) is 0 Å². The van der Waals surface area contributed by atoms with Crippen molar-refractivity contribution in [2.45, 2.75) is 38.3 Å². The van der Waals surface area contributed by atoms with Gasteiger partial charge in [0.1, 0.15) is 5.65 Å². The topological polar surface area (TPSA) is 75.0 Å². The highest BCUT2D eigenvalue weighted by molar-refractivity contribution is 7.88. The minimum Gasteiger partial charge on any atom is -0.334 e. The minimum absolute atomic E-state index is 0.0900. The van der Waals surface area contributed by atoms with Gasteiger partial charge in [0.15, 0.2) is 0 Å². The highest BCUT2D eigenvalue weighted by Gasteiger charge is 2.38. The number of imidazole rings is 1.